The lowest BCUT2D eigenvalue weighted by molar-refractivity contribution is 0.102. The zero-order valence-corrected chi connectivity index (χ0v) is 13.8. The highest BCUT2D eigenvalue weighted by Crippen LogP contribution is 2.26. The summed E-state index contributed by atoms with van der Waals surface area (Å²) < 4.78 is 1.06. The average Bonchev–Trinajstić information content (AvgIpc) is 2.47. The summed E-state index contributed by atoms with van der Waals surface area (Å²) in [4.78, 5) is 12.3. The van der Waals surface area contributed by atoms with Gasteiger partial charge in [0, 0.05) is 14.8 Å². The average molecular weight is 379 g/mol. The Balaban J connectivity index is 2.24. The van der Waals surface area contributed by atoms with Gasteiger partial charge >= 0.3 is 0 Å². The molecule has 0 fully saturated rings. The minimum Gasteiger partial charge on any atom is -0.322 e. The number of anilines is 1. The van der Waals surface area contributed by atoms with Gasteiger partial charge in [0.15, 0.2) is 0 Å². The van der Waals surface area contributed by atoms with Crippen molar-refractivity contribution in [1.82, 2.24) is 0 Å². The maximum atomic E-state index is 12.3. The second kappa shape index (κ2) is 6.88. The molecular formula is C17H18INO. The molecular weight excluding hydrogens is 361 g/mol. The van der Waals surface area contributed by atoms with Gasteiger partial charge in [-0.15, -0.1) is 0 Å². The van der Waals surface area contributed by atoms with Gasteiger partial charge in [-0.3, -0.25) is 4.79 Å². The number of rotatable bonds is 4. The van der Waals surface area contributed by atoms with Gasteiger partial charge in [-0.25, -0.2) is 0 Å². The molecule has 2 rings (SSSR count). The molecule has 0 saturated heterocycles. The van der Waals surface area contributed by atoms with Crippen LogP contribution in [0.3, 0.4) is 0 Å². The third kappa shape index (κ3) is 3.60. The van der Waals surface area contributed by atoms with Crippen molar-refractivity contribution in [1.29, 1.82) is 0 Å². The fourth-order valence-corrected chi connectivity index (χ4v) is 2.63. The number of amides is 1. The van der Waals surface area contributed by atoms with Crippen LogP contribution in [-0.2, 0) is 0 Å². The van der Waals surface area contributed by atoms with Gasteiger partial charge in [0.05, 0.1) is 0 Å². The first kappa shape index (κ1) is 15.0. The number of hydrogen-bond acceptors (Lipinski definition) is 1. The van der Waals surface area contributed by atoms with Crippen LogP contribution >= 0.6 is 22.6 Å². The van der Waals surface area contributed by atoms with E-state index < -0.39 is 0 Å². The number of carbonyl (C=O) groups excluding carboxylic acids is 1. The number of nitrogens with one attached hydrogen (secondary N) is 1. The van der Waals surface area contributed by atoms with Gasteiger partial charge in [0.2, 0.25) is 0 Å². The highest BCUT2D eigenvalue weighted by atomic mass is 127. The Morgan fingerprint density at radius 3 is 2.65 bits per heavy atom. The van der Waals surface area contributed by atoms with Gasteiger partial charge < -0.3 is 5.32 Å². The first-order chi connectivity index (χ1) is 9.61. The predicted molar refractivity (Wildman–Crippen MR) is 92.3 cm³/mol. The molecule has 0 aliphatic carbocycles. The van der Waals surface area contributed by atoms with Crippen molar-refractivity contribution < 1.29 is 4.79 Å². The third-order valence-corrected chi connectivity index (χ3v) is 4.11. The van der Waals surface area contributed by atoms with E-state index in [1.54, 1.807) is 0 Å². The van der Waals surface area contributed by atoms with E-state index in [0.29, 0.717) is 11.5 Å². The number of carbonyl (C=O) groups is 1. The van der Waals surface area contributed by atoms with Gasteiger partial charge in [-0.2, -0.15) is 0 Å². The van der Waals surface area contributed by atoms with Crippen LogP contribution in [0.1, 0.15) is 42.1 Å². The van der Waals surface area contributed by atoms with Gasteiger partial charge in [0.1, 0.15) is 0 Å². The standard InChI is InChI=1S/C17H18INO/c1-3-12(2)15-9-4-5-10-16(15)19-17(20)13-7-6-8-14(18)11-13/h4-12H,3H2,1-2H3,(H,19,20)/t12-/m0/s1. The number of halogens is 1. The Bertz CT molecular complexity index is 609. The molecule has 0 unspecified atom stereocenters. The fourth-order valence-electron chi connectivity index (χ4n) is 2.08. The Hall–Kier alpha value is -1.36. The van der Waals surface area contributed by atoms with E-state index in [0.717, 1.165) is 15.7 Å². The number of para-hydroxylation sites is 1. The minimum absolute atomic E-state index is 0.0562. The number of hydrogen-bond donors (Lipinski definition) is 1. The summed E-state index contributed by atoms with van der Waals surface area (Å²) in [7, 11) is 0. The quantitative estimate of drug-likeness (QED) is 0.740. The highest BCUT2D eigenvalue weighted by molar-refractivity contribution is 14.1. The fraction of sp³-hybridized carbons (Fsp3) is 0.235. The summed E-state index contributed by atoms with van der Waals surface area (Å²) in [5.74, 6) is 0.377. The summed E-state index contributed by atoms with van der Waals surface area (Å²) in [6.45, 7) is 4.33. The summed E-state index contributed by atoms with van der Waals surface area (Å²) in [5, 5.41) is 3.03. The van der Waals surface area contributed by atoms with Crippen molar-refractivity contribution in [2.75, 3.05) is 5.32 Å². The van der Waals surface area contributed by atoms with Crippen molar-refractivity contribution in [2.24, 2.45) is 0 Å². The van der Waals surface area contributed by atoms with E-state index in [-0.39, 0.29) is 5.91 Å². The van der Waals surface area contributed by atoms with Crippen LogP contribution in [0.2, 0.25) is 0 Å². The monoisotopic (exact) mass is 379 g/mol. The summed E-state index contributed by atoms with van der Waals surface area (Å²) >= 11 is 2.21. The summed E-state index contributed by atoms with van der Waals surface area (Å²) in [5.41, 5.74) is 2.79. The van der Waals surface area contributed by atoms with Crippen LogP contribution in [0.4, 0.5) is 5.69 Å². The minimum atomic E-state index is -0.0562. The van der Waals surface area contributed by atoms with Crippen molar-refractivity contribution >= 4 is 34.2 Å². The molecule has 2 aromatic rings. The largest absolute Gasteiger partial charge is 0.322 e. The molecule has 1 atom stereocenters. The molecule has 0 heterocycles. The normalized spacial score (nSPS) is 11.9. The smallest absolute Gasteiger partial charge is 0.255 e. The predicted octanol–water partition coefficient (Wildman–Crippen LogP) is 5.06. The molecule has 2 nitrogen and oxygen atoms in total. The lowest BCUT2D eigenvalue weighted by Gasteiger charge is -2.15. The van der Waals surface area contributed by atoms with E-state index in [4.69, 9.17) is 0 Å². The van der Waals surface area contributed by atoms with E-state index in [1.807, 2.05) is 42.5 Å². The van der Waals surface area contributed by atoms with Crippen molar-refractivity contribution in [3.63, 3.8) is 0 Å². The van der Waals surface area contributed by atoms with Crippen LogP contribution in [0, 0.1) is 3.57 Å². The molecule has 0 spiro atoms. The lowest BCUT2D eigenvalue weighted by Crippen LogP contribution is -2.14. The molecule has 2 aromatic carbocycles. The van der Waals surface area contributed by atoms with Crippen LogP contribution < -0.4 is 5.32 Å². The third-order valence-electron chi connectivity index (χ3n) is 3.44. The second-order valence-electron chi connectivity index (χ2n) is 4.86. The Morgan fingerprint density at radius 1 is 1.20 bits per heavy atom. The molecule has 3 heteroatoms. The molecule has 104 valence electrons. The Labute approximate surface area is 133 Å². The molecule has 0 aromatic heterocycles. The molecule has 1 N–H and O–H groups in total. The zero-order chi connectivity index (χ0) is 14.5. The summed E-state index contributed by atoms with van der Waals surface area (Å²) in [6, 6.07) is 15.6. The molecule has 0 aliphatic rings. The first-order valence-corrected chi connectivity index (χ1v) is 7.85. The van der Waals surface area contributed by atoms with Crippen LogP contribution in [0.15, 0.2) is 48.5 Å². The van der Waals surface area contributed by atoms with Gasteiger partial charge in [-0.1, -0.05) is 38.1 Å². The molecule has 1 amide bonds. The number of benzene rings is 2. The zero-order valence-electron chi connectivity index (χ0n) is 11.7. The Kier molecular flexibility index (Phi) is 5.17. The second-order valence-corrected chi connectivity index (χ2v) is 6.11. The highest BCUT2D eigenvalue weighted by Gasteiger charge is 2.12. The molecule has 0 saturated carbocycles. The van der Waals surface area contributed by atoms with Crippen molar-refractivity contribution in [3.05, 3.63) is 63.2 Å². The van der Waals surface area contributed by atoms with Gasteiger partial charge in [0.25, 0.3) is 5.91 Å². The molecule has 0 radical (unpaired) electrons. The molecule has 0 aliphatic heterocycles. The topological polar surface area (TPSA) is 29.1 Å². The summed E-state index contributed by atoms with van der Waals surface area (Å²) in [6.07, 6.45) is 1.05. The van der Waals surface area contributed by atoms with E-state index in [9.17, 15) is 4.79 Å². The maximum absolute atomic E-state index is 12.3. The Morgan fingerprint density at radius 2 is 1.95 bits per heavy atom. The van der Waals surface area contributed by atoms with Crippen molar-refractivity contribution in [3.8, 4) is 0 Å². The van der Waals surface area contributed by atoms with Gasteiger partial charge in [-0.05, 0) is 64.8 Å². The lowest BCUT2D eigenvalue weighted by atomic mass is 9.97. The maximum Gasteiger partial charge on any atom is 0.255 e. The SMILES string of the molecule is CC[C@H](C)c1ccccc1NC(=O)c1cccc(I)c1. The van der Waals surface area contributed by atoms with Crippen LogP contribution in [-0.4, -0.2) is 5.91 Å². The first-order valence-electron chi connectivity index (χ1n) is 6.77. The van der Waals surface area contributed by atoms with Crippen LogP contribution in [0.5, 0.6) is 0 Å². The van der Waals surface area contributed by atoms with Crippen LogP contribution in [0.25, 0.3) is 0 Å². The van der Waals surface area contributed by atoms with E-state index in [1.165, 1.54) is 5.56 Å². The van der Waals surface area contributed by atoms with Crippen molar-refractivity contribution in [2.45, 2.75) is 26.2 Å². The molecule has 20 heavy (non-hydrogen) atoms. The molecule has 0 bridgehead atoms. The van der Waals surface area contributed by atoms with E-state index >= 15 is 0 Å². The van der Waals surface area contributed by atoms with E-state index in [2.05, 4.69) is 47.8 Å².